The van der Waals surface area contributed by atoms with Gasteiger partial charge in [0.1, 0.15) is 5.57 Å². The van der Waals surface area contributed by atoms with Crippen molar-refractivity contribution in [3.05, 3.63) is 53.6 Å². The summed E-state index contributed by atoms with van der Waals surface area (Å²) < 4.78 is 0. The molecule has 0 atom stereocenters. The molecule has 2 amide bonds. The molecule has 1 N–H and O–H groups in total. The number of nitrogens with one attached hydrogen (secondary N) is 1. The van der Waals surface area contributed by atoms with E-state index in [4.69, 9.17) is 12.2 Å². The van der Waals surface area contributed by atoms with E-state index in [1.807, 2.05) is 31.2 Å². The van der Waals surface area contributed by atoms with Crippen molar-refractivity contribution in [1.29, 1.82) is 0 Å². The number of hydrogen-bond acceptors (Lipinski definition) is 3. The molecule has 0 bridgehead atoms. The van der Waals surface area contributed by atoms with Crippen LogP contribution >= 0.6 is 12.2 Å². The van der Waals surface area contributed by atoms with Crippen LogP contribution in [0.1, 0.15) is 18.1 Å². The molecule has 1 heterocycles. The average molecular weight is 300 g/mol. The van der Waals surface area contributed by atoms with Crippen LogP contribution < -0.4 is 5.32 Å². The molecule has 1 aliphatic heterocycles. The van der Waals surface area contributed by atoms with E-state index in [1.54, 1.807) is 12.2 Å². The van der Waals surface area contributed by atoms with E-state index in [-0.39, 0.29) is 17.2 Å². The van der Waals surface area contributed by atoms with Crippen LogP contribution in [0.25, 0.3) is 6.08 Å². The maximum atomic E-state index is 12.4. The molecule has 0 saturated carbocycles. The first-order valence-electron chi connectivity index (χ1n) is 6.66. The molecule has 1 aromatic rings. The van der Waals surface area contributed by atoms with Crippen LogP contribution in [0.2, 0.25) is 0 Å². The largest absolute Gasteiger partial charge is 0.298 e. The molecule has 1 fully saturated rings. The highest BCUT2D eigenvalue weighted by Crippen LogP contribution is 2.17. The smallest absolute Gasteiger partial charge is 0.265 e. The van der Waals surface area contributed by atoms with Crippen molar-refractivity contribution in [2.24, 2.45) is 0 Å². The minimum Gasteiger partial charge on any atom is -0.298 e. The third-order valence-electron chi connectivity index (χ3n) is 3.23. The lowest BCUT2D eigenvalue weighted by atomic mass is 10.0. The highest BCUT2D eigenvalue weighted by Gasteiger charge is 2.32. The van der Waals surface area contributed by atoms with Crippen LogP contribution in [0.3, 0.4) is 0 Å². The van der Waals surface area contributed by atoms with Crippen molar-refractivity contribution < 1.29 is 9.59 Å². The highest BCUT2D eigenvalue weighted by atomic mass is 32.1. The van der Waals surface area contributed by atoms with E-state index in [0.29, 0.717) is 0 Å². The number of thiocarbonyl (C=S) groups is 1. The standard InChI is InChI=1S/C16H16N2O2S/c1-3-9-18-15(20)13(14(19)17-16(18)21)10-12-8-6-5-7-11(12)4-2/h3,5-8,10H,1,4,9H2,2H3,(H,17,19,21). The first kappa shape index (κ1) is 15.1. The number of benzene rings is 1. The normalized spacial score (nSPS) is 17.1. The molecule has 1 aromatic carbocycles. The van der Waals surface area contributed by atoms with Gasteiger partial charge in [-0.25, -0.2) is 0 Å². The maximum absolute atomic E-state index is 12.4. The SMILES string of the molecule is C=CCN1C(=O)C(=Cc2ccccc2CC)C(=O)NC1=S. The third-order valence-corrected chi connectivity index (χ3v) is 3.56. The minimum atomic E-state index is -0.462. The summed E-state index contributed by atoms with van der Waals surface area (Å²) in [5.74, 6) is -0.856. The summed E-state index contributed by atoms with van der Waals surface area (Å²) in [7, 11) is 0. The van der Waals surface area contributed by atoms with Crippen LogP contribution in [0, 0.1) is 0 Å². The number of carbonyl (C=O) groups is 2. The van der Waals surface area contributed by atoms with Crippen LogP contribution in [0.4, 0.5) is 0 Å². The van der Waals surface area contributed by atoms with Gasteiger partial charge in [-0.15, -0.1) is 6.58 Å². The monoisotopic (exact) mass is 300 g/mol. The van der Waals surface area contributed by atoms with Gasteiger partial charge in [-0.3, -0.25) is 19.8 Å². The van der Waals surface area contributed by atoms with Gasteiger partial charge in [0, 0.05) is 6.54 Å². The van der Waals surface area contributed by atoms with Crippen molar-refractivity contribution in [2.45, 2.75) is 13.3 Å². The Morgan fingerprint density at radius 1 is 1.33 bits per heavy atom. The number of rotatable bonds is 4. The predicted molar refractivity (Wildman–Crippen MR) is 86.4 cm³/mol. The molecule has 108 valence electrons. The summed E-state index contributed by atoms with van der Waals surface area (Å²) in [6.45, 7) is 5.89. The zero-order chi connectivity index (χ0) is 15.4. The number of aryl methyl sites for hydroxylation is 1. The molecule has 0 radical (unpaired) electrons. The van der Waals surface area contributed by atoms with Crippen LogP contribution in [-0.4, -0.2) is 28.4 Å². The number of nitrogens with zero attached hydrogens (tertiary/aromatic N) is 1. The summed E-state index contributed by atoms with van der Waals surface area (Å²) in [5, 5.41) is 2.65. The Labute approximate surface area is 129 Å². The molecule has 0 aromatic heterocycles. The van der Waals surface area contributed by atoms with Crippen LogP contribution in [0.15, 0.2) is 42.5 Å². The highest BCUT2D eigenvalue weighted by molar-refractivity contribution is 7.80. The van der Waals surface area contributed by atoms with Gasteiger partial charge in [-0.1, -0.05) is 37.3 Å². The zero-order valence-electron chi connectivity index (χ0n) is 11.8. The number of hydrogen-bond donors (Lipinski definition) is 1. The lowest BCUT2D eigenvalue weighted by molar-refractivity contribution is -0.128. The molecular weight excluding hydrogens is 284 g/mol. The van der Waals surface area contributed by atoms with Gasteiger partial charge in [0.05, 0.1) is 0 Å². The van der Waals surface area contributed by atoms with E-state index in [2.05, 4.69) is 11.9 Å². The van der Waals surface area contributed by atoms with E-state index >= 15 is 0 Å². The molecule has 4 nitrogen and oxygen atoms in total. The van der Waals surface area contributed by atoms with E-state index in [9.17, 15) is 9.59 Å². The lowest BCUT2D eigenvalue weighted by Crippen LogP contribution is -2.53. The number of amides is 2. The minimum absolute atomic E-state index is 0.0892. The number of carbonyl (C=O) groups excluding carboxylic acids is 2. The third kappa shape index (κ3) is 3.08. The van der Waals surface area contributed by atoms with Crippen LogP contribution in [0.5, 0.6) is 0 Å². The molecule has 2 rings (SSSR count). The Hall–Kier alpha value is -2.27. The van der Waals surface area contributed by atoms with Crippen molar-refractivity contribution in [3.8, 4) is 0 Å². The zero-order valence-corrected chi connectivity index (χ0v) is 12.6. The fourth-order valence-electron chi connectivity index (χ4n) is 2.14. The Morgan fingerprint density at radius 3 is 2.71 bits per heavy atom. The Balaban J connectivity index is 2.43. The van der Waals surface area contributed by atoms with Gasteiger partial charge in [-0.05, 0) is 35.8 Å². The average Bonchev–Trinajstić information content (AvgIpc) is 2.48. The van der Waals surface area contributed by atoms with Crippen molar-refractivity contribution in [2.75, 3.05) is 6.54 Å². The lowest BCUT2D eigenvalue weighted by Gasteiger charge is -2.27. The molecule has 1 saturated heterocycles. The molecule has 0 spiro atoms. The summed E-state index contributed by atoms with van der Waals surface area (Å²) in [5.41, 5.74) is 2.03. The van der Waals surface area contributed by atoms with Gasteiger partial charge in [0.25, 0.3) is 11.8 Å². The van der Waals surface area contributed by atoms with Gasteiger partial charge in [0.15, 0.2) is 5.11 Å². The second kappa shape index (κ2) is 6.45. The summed E-state index contributed by atoms with van der Waals surface area (Å²) in [6, 6.07) is 7.67. The molecular formula is C16H16N2O2S. The van der Waals surface area contributed by atoms with Gasteiger partial charge in [0.2, 0.25) is 0 Å². The topological polar surface area (TPSA) is 49.4 Å². The second-order valence-electron chi connectivity index (χ2n) is 4.57. The van der Waals surface area contributed by atoms with Gasteiger partial charge < -0.3 is 0 Å². The fourth-order valence-corrected chi connectivity index (χ4v) is 2.39. The second-order valence-corrected chi connectivity index (χ2v) is 4.96. The summed E-state index contributed by atoms with van der Waals surface area (Å²) in [4.78, 5) is 25.8. The first-order chi connectivity index (χ1) is 10.1. The Bertz CT molecular complexity index is 649. The van der Waals surface area contributed by atoms with Gasteiger partial charge in [-0.2, -0.15) is 0 Å². The first-order valence-corrected chi connectivity index (χ1v) is 7.07. The fraction of sp³-hybridized carbons (Fsp3) is 0.188. The molecule has 0 unspecified atom stereocenters. The molecule has 1 aliphatic rings. The molecule has 5 heteroatoms. The van der Waals surface area contributed by atoms with Crippen LogP contribution in [-0.2, 0) is 16.0 Å². The Kier molecular flexibility index (Phi) is 4.65. The van der Waals surface area contributed by atoms with E-state index < -0.39 is 11.8 Å². The summed E-state index contributed by atoms with van der Waals surface area (Å²) >= 11 is 5.01. The van der Waals surface area contributed by atoms with E-state index in [0.717, 1.165) is 17.5 Å². The molecule has 0 aliphatic carbocycles. The van der Waals surface area contributed by atoms with Crippen molar-refractivity contribution in [1.82, 2.24) is 10.2 Å². The van der Waals surface area contributed by atoms with Gasteiger partial charge >= 0.3 is 0 Å². The van der Waals surface area contributed by atoms with Crippen molar-refractivity contribution in [3.63, 3.8) is 0 Å². The van der Waals surface area contributed by atoms with E-state index in [1.165, 1.54) is 4.90 Å². The maximum Gasteiger partial charge on any atom is 0.265 e. The van der Waals surface area contributed by atoms with Crippen molar-refractivity contribution >= 4 is 35.2 Å². The Morgan fingerprint density at radius 2 is 2.05 bits per heavy atom. The quantitative estimate of drug-likeness (QED) is 0.401. The molecule has 21 heavy (non-hydrogen) atoms. The predicted octanol–water partition coefficient (Wildman–Crippen LogP) is 2.06. The summed E-state index contributed by atoms with van der Waals surface area (Å²) in [6.07, 6.45) is 4.01.